The van der Waals surface area contributed by atoms with Crippen molar-refractivity contribution in [2.75, 3.05) is 7.11 Å². The van der Waals surface area contributed by atoms with Crippen molar-refractivity contribution in [3.63, 3.8) is 0 Å². The van der Waals surface area contributed by atoms with Crippen LogP contribution in [0.1, 0.15) is 65.8 Å². The summed E-state index contributed by atoms with van der Waals surface area (Å²) in [6.45, 7) is 2.18. The number of fused-ring (bicyclic) bond motifs is 1. The number of methoxy groups -OCH3 is 1. The largest absolute Gasteiger partial charge is 0.496 e. The molecule has 0 radical (unpaired) electrons. The predicted octanol–water partition coefficient (Wildman–Crippen LogP) is 5.34. The number of hydrogen-bond donors (Lipinski definition) is 1. The SMILES string of the molecule is COc1cccc(CCC2CCc3cc(C4CCC(N)C4)ccc3C2)c1C. The Kier molecular flexibility index (Phi) is 5.54. The zero-order valence-corrected chi connectivity index (χ0v) is 16.8. The minimum atomic E-state index is 0.412. The zero-order valence-electron chi connectivity index (χ0n) is 16.8. The number of aryl methyl sites for hydroxylation is 2. The van der Waals surface area contributed by atoms with Crippen molar-refractivity contribution in [1.82, 2.24) is 0 Å². The molecule has 27 heavy (non-hydrogen) atoms. The second kappa shape index (κ2) is 8.06. The van der Waals surface area contributed by atoms with Crippen molar-refractivity contribution in [2.24, 2.45) is 11.7 Å². The Balaban J connectivity index is 1.39. The Morgan fingerprint density at radius 2 is 1.96 bits per heavy atom. The van der Waals surface area contributed by atoms with E-state index in [4.69, 9.17) is 10.5 Å². The molecule has 3 unspecified atom stereocenters. The van der Waals surface area contributed by atoms with E-state index in [1.54, 1.807) is 18.2 Å². The first-order valence-electron chi connectivity index (χ1n) is 10.6. The van der Waals surface area contributed by atoms with Crippen LogP contribution in [-0.4, -0.2) is 13.2 Å². The van der Waals surface area contributed by atoms with Crippen LogP contribution in [0.3, 0.4) is 0 Å². The van der Waals surface area contributed by atoms with Crippen molar-refractivity contribution in [3.8, 4) is 5.75 Å². The molecule has 2 N–H and O–H groups in total. The number of hydrogen-bond acceptors (Lipinski definition) is 2. The maximum absolute atomic E-state index is 6.12. The highest BCUT2D eigenvalue weighted by atomic mass is 16.5. The number of rotatable bonds is 5. The van der Waals surface area contributed by atoms with E-state index in [1.165, 1.54) is 61.6 Å². The number of benzene rings is 2. The lowest BCUT2D eigenvalue weighted by Gasteiger charge is -2.26. The Morgan fingerprint density at radius 3 is 2.74 bits per heavy atom. The van der Waals surface area contributed by atoms with Crippen LogP contribution in [0, 0.1) is 12.8 Å². The number of ether oxygens (including phenoxy) is 1. The fourth-order valence-corrected chi connectivity index (χ4v) is 5.18. The van der Waals surface area contributed by atoms with Gasteiger partial charge in [0.2, 0.25) is 0 Å². The molecule has 2 aliphatic rings. The monoisotopic (exact) mass is 363 g/mol. The van der Waals surface area contributed by atoms with Gasteiger partial charge in [-0.25, -0.2) is 0 Å². The molecule has 2 nitrogen and oxygen atoms in total. The maximum atomic E-state index is 6.12. The van der Waals surface area contributed by atoms with Gasteiger partial charge in [0.25, 0.3) is 0 Å². The highest BCUT2D eigenvalue weighted by Crippen LogP contribution is 2.37. The molecule has 0 aromatic heterocycles. The topological polar surface area (TPSA) is 35.2 Å². The first-order chi connectivity index (χ1) is 13.1. The molecule has 2 heteroatoms. The van der Waals surface area contributed by atoms with Crippen LogP contribution < -0.4 is 10.5 Å². The van der Waals surface area contributed by atoms with E-state index in [2.05, 4.69) is 43.3 Å². The first-order valence-corrected chi connectivity index (χ1v) is 10.6. The van der Waals surface area contributed by atoms with Crippen LogP contribution in [0.25, 0.3) is 0 Å². The quantitative estimate of drug-likeness (QED) is 0.778. The van der Waals surface area contributed by atoms with E-state index >= 15 is 0 Å². The van der Waals surface area contributed by atoms with Crippen molar-refractivity contribution >= 4 is 0 Å². The van der Waals surface area contributed by atoms with Crippen LogP contribution >= 0.6 is 0 Å². The van der Waals surface area contributed by atoms with Gasteiger partial charge < -0.3 is 10.5 Å². The summed E-state index contributed by atoms with van der Waals surface area (Å²) >= 11 is 0. The summed E-state index contributed by atoms with van der Waals surface area (Å²) in [6.07, 6.45) is 9.85. The fourth-order valence-electron chi connectivity index (χ4n) is 5.18. The van der Waals surface area contributed by atoms with Crippen LogP contribution in [0.5, 0.6) is 5.75 Å². The molecule has 0 heterocycles. The molecule has 0 saturated heterocycles. The molecule has 144 valence electrons. The minimum absolute atomic E-state index is 0.412. The van der Waals surface area contributed by atoms with Crippen LogP contribution in [0.4, 0.5) is 0 Å². The lowest BCUT2D eigenvalue weighted by atomic mass is 9.79. The van der Waals surface area contributed by atoms with E-state index in [0.29, 0.717) is 12.0 Å². The van der Waals surface area contributed by atoms with Gasteiger partial charge in [-0.2, -0.15) is 0 Å². The zero-order chi connectivity index (χ0) is 18.8. The van der Waals surface area contributed by atoms with Gasteiger partial charge in [-0.05, 0) is 104 Å². The van der Waals surface area contributed by atoms with Gasteiger partial charge in [0.1, 0.15) is 5.75 Å². The Labute approximate surface area is 164 Å². The molecule has 2 aromatic carbocycles. The second-order valence-electron chi connectivity index (χ2n) is 8.69. The van der Waals surface area contributed by atoms with Crippen LogP contribution in [-0.2, 0) is 19.3 Å². The lowest BCUT2D eigenvalue weighted by molar-refractivity contribution is 0.408. The summed E-state index contributed by atoms with van der Waals surface area (Å²) in [5.74, 6) is 2.51. The molecule has 4 rings (SSSR count). The molecule has 0 amide bonds. The van der Waals surface area contributed by atoms with Gasteiger partial charge in [-0.1, -0.05) is 30.3 Å². The van der Waals surface area contributed by atoms with Gasteiger partial charge in [0.05, 0.1) is 7.11 Å². The molecular weight excluding hydrogens is 330 g/mol. The Hall–Kier alpha value is -1.80. The molecule has 1 saturated carbocycles. The van der Waals surface area contributed by atoms with E-state index < -0.39 is 0 Å². The third-order valence-electron chi connectivity index (χ3n) is 6.94. The molecule has 1 fully saturated rings. The first kappa shape index (κ1) is 18.6. The second-order valence-corrected chi connectivity index (χ2v) is 8.69. The normalized spacial score (nSPS) is 24.6. The van der Waals surface area contributed by atoms with Crippen molar-refractivity contribution < 1.29 is 4.74 Å². The molecule has 2 aliphatic carbocycles. The van der Waals surface area contributed by atoms with Crippen molar-refractivity contribution in [3.05, 3.63) is 64.2 Å². The van der Waals surface area contributed by atoms with E-state index in [0.717, 1.165) is 18.1 Å². The highest BCUT2D eigenvalue weighted by molar-refractivity contribution is 5.39. The summed E-state index contributed by atoms with van der Waals surface area (Å²) in [5, 5.41) is 0. The molecule has 0 bridgehead atoms. The molecule has 3 atom stereocenters. The smallest absolute Gasteiger partial charge is 0.122 e. The average molecular weight is 364 g/mol. The lowest BCUT2D eigenvalue weighted by Crippen LogP contribution is -2.16. The van der Waals surface area contributed by atoms with Crippen molar-refractivity contribution in [1.29, 1.82) is 0 Å². The van der Waals surface area contributed by atoms with Gasteiger partial charge >= 0.3 is 0 Å². The summed E-state index contributed by atoms with van der Waals surface area (Å²) < 4.78 is 5.48. The molecular formula is C25H33NO. The Morgan fingerprint density at radius 1 is 1.07 bits per heavy atom. The van der Waals surface area contributed by atoms with Gasteiger partial charge in [0.15, 0.2) is 0 Å². The average Bonchev–Trinajstić information content (AvgIpc) is 3.13. The maximum Gasteiger partial charge on any atom is 0.122 e. The summed E-state index contributed by atoms with van der Waals surface area (Å²) in [7, 11) is 1.76. The van der Waals surface area contributed by atoms with Gasteiger partial charge in [-0.3, -0.25) is 0 Å². The summed E-state index contributed by atoms with van der Waals surface area (Å²) in [5.41, 5.74) is 13.6. The van der Waals surface area contributed by atoms with E-state index in [-0.39, 0.29) is 0 Å². The van der Waals surface area contributed by atoms with Crippen molar-refractivity contribution in [2.45, 2.75) is 70.3 Å². The van der Waals surface area contributed by atoms with Crippen LogP contribution in [0.2, 0.25) is 0 Å². The minimum Gasteiger partial charge on any atom is -0.496 e. The fraction of sp³-hybridized carbons (Fsp3) is 0.520. The molecule has 0 aliphatic heterocycles. The molecule has 0 spiro atoms. The number of nitrogens with two attached hydrogens (primary N) is 1. The molecule has 2 aromatic rings. The summed E-state index contributed by atoms with van der Waals surface area (Å²) in [6, 6.07) is 14.1. The van der Waals surface area contributed by atoms with Crippen LogP contribution in [0.15, 0.2) is 36.4 Å². The third-order valence-corrected chi connectivity index (χ3v) is 6.94. The van der Waals surface area contributed by atoms with E-state index in [9.17, 15) is 0 Å². The summed E-state index contributed by atoms with van der Waals surface area (Å²) in [4.78, 5) is 0. The van der Waals surface area contributed by atoms with Gasteiger partial charge in [0, 0.05) is 6.04 Å². The highest BCUT2D eigenvalue weighted by Gasteiger charge is 2.25. The van der Waals surface area contributed by atoms with Gasteiger partial charge in [-0.15, -0.1) is 0 Å². The Bertz CT molecular complexity index is 797. The standard InChI is InChI=1S/C25H33NO/c1-17-19(4-3-5-25(17)27-2)8-6-18-7-9-21-15-22(11-10-20(21)14-18)23-12-13-24(26)16-23/h3-5,10-11,15,18,23-24H,6-9,12-14,16,26H2,1-2H3. The third kappa shape index (κ3) is 4.06. The van der Waals surface area contributed by atoms with E-state index in [1.807, 2.05) is 0 Å². The predicted molar refractivity (Wildman–Crippen MR) is 113 cm³/mol.